The smallest absolute Gasteiger partial charge is 0.268 e. The molecule has 1 heterocycles. The van der Waals surface area contributed by atoms with E-state index in [1.807, 2.05) is 0 Å². The van der Waals surface area contributed by atoms with Gasteiger partial charge >= 0.3 is 0 Å². The molecule has 0 aliphatic carbocycles. The lowest BCUT2D eigenvalue weighted by Gasteiger charge is -2.33. The van der Waals surface area contributed by atoms with Gasteiger partial charge in [-0.1, -0.05) is 20.3 Å². The van der Waals surface area contributed by atoms with Gasteiger partial charge in [-0.25, -0.2) is 0 Å². The molecule has 2 amide bonds. The number of rotatable bonds is 7. The minimum Gasteiger partial charge on any atom is -0.479 e. The third-order valence-corrected chi connectivity index (χ3v) is 4.38. The molecule has 1 aliphatic rings. The van der Waals surface area contributed by atoms with E-state index in [9.17, 15) is 14.4 Å². The Balaban J connectivity index is 2.29. The Bertz CT molecular complexity index is 671. The van der Waals surface area contributed by atoms with Crippen LogP contribution in [0.25, 0.3) is 0 Å². The summed E-state index contributed by atoms with van der Waals surface area (Å²) in [7, 11) is 1.74. The maximum absolute atomic E-state index is 12.6. The SMILES string of the molecule is CCCCN(C)C(=O)CN1C(=O)C(C)Oc2ccc(C(=O)CC)cc21. The van der Waals surface area contributed by atoms with Crippen molar-refractivity contribution in [2.24, 2.45) is 0 Å². The van der Waals surface area contributed by atoms with Crippen LogP contribution in [0.5, 0.6) is 5.75 Å². The molecule has 0 bridgehead atoms. The van der Waals surface area contributed by atoms with Gasteiger partial charge in [-0.15, -0.1) is 0 Å². The Morgan fingerprint density at radius 3 is 2.64 bits per heavy atom. The fourth-order valence-corrected chi connectivity index (χ4v) is 2.72. The summed E-state index contributed by atoms with van der Waals surface area (Å²) in [5.41, 5.74) is 1.00. The van der Waals surface area contributed by atoms with Gasteiger partial charge in [-0.2, -0.15) is 0 Å². The zero-order valence-electron chi connectivity index (χ0n) is 15.4. The van der Waals surface area contributed by atoms with Gasteiger partial charge in [0.2, 0.25) is 5.91 Å². The van der Waals surface area contributed by atoms with Crippen LogP contribution < -0.4 is 9.64 Å². The van der Waals surface area contributed by atoms with E-state index < -0.39 is 6.10 Å². The molecule has 0 aromatic heterocycles. The predicted molar refractivity (Wildman–Crippen MR) is 96.1 cm³/mol. The first-order valence-electron chi connectivity index (χ1n) is 8.78. The lowest BCUT2D eigenvalue weighted by atomic mass is 10.1. The number of benzene rings is 1. The molecule has 0 radical (unpaired) electrons. The fourth-order valence-electron chi connectivity index (χ4n) is 2.72. The van der Waals surface area contributed by atoms with E-state index in [0.29, 0.717) is 30.0 Å². The monoisotopic (exact) mass is 346 g/mol. The van der Waals surface area contributed by atoms with Crippen molar-refractivity contribution in [2.75, 3.05) is 25.0 Å². The number of likely N-dealkylation sites (N-methyl/N-ethyl adjacent to an activating group) is 1. The van der Waals surface area contributed by atoms with Crippen molar-refractivity contribution in [3.8, 4) is 5.75 Å². The molecule has 0 saturated carbocycles. The number of fused-ring (bicyclic) bond motifs is 1. The topological polar surface area (TPSA) is 66.9 Å². The van der Waals surface area contributed by atoms with Crippen LogP contribution in [0.3, 0.4) is 0 Å². The number of unbranched alkanes of at least 4 members (excludes halogenated alkanes) is 1. The number of ether oxygens (including phenoxy) is 1. The molecule has 1 aromatic carbocycles. The molecule has 6 heteroatoms. The van der Waals surface area contributed by atoms with Gasteiger partial charge in [0.15, 0.2) is 11.9 Å². The number of carbonyl (C=O) groups is 3. The van der Waals surface area contributed by atoms with Crippen molar-refractivity contribution in [3.05, 3.63) is 23.8 Å². The van der Waals surface area contributed by atoms with E-state index in [1.165, 1.54) is 4.90 Å². The molecule has 0 N–H and O–H groups in total. The molecule has 1 atom stereocenters. The zero-order valence-corrected chi connectivity index (χ0v) is 15.4. The summed E-state index contributed by atoms with van der Waals surface area (Å²) in [6.45, 7) is 6.12. The lowest BCUT2D eigenvalue weighted by molar-refractivity contribution is -0.132. The molecule has 6 nitrogen and oxygen atoms in total. The first-order chi connectivity index (χ1) is 11.9. The molecule has 2 rings (SSSR count). The molecule has 1 aromatic rings. The van der Waals surface area contributed by atoms with Crippen molar-refractivity contribution < 1.29 is 19.1 Å². The Labute approximate surface area is 148 Å². The first-order valence-corrected chi connectivity index (χ1v) is 8.78. The minimum absolute atomic E-state index is 0.0137. The Morgan fingerprint density at radius 1 is 1.28 bits per heavy atom. The van der Waals surface area contributed by atoms with E-state index in [4.69, 9.17) is 4.74 Å². The third-order valence-electron chi connectivity index (χ3n) is 4.38. The fraction of sp³-hybridized carbons (Fsp3) is 0.526. The predicted octanol–water partition coefficient (Wildman–Crippen LogP) is 2.65. The number of amides is 2. The Morgan fingerprint density at radius 2 is 2.00 bits per heavy atom. The van der Waals surface area contributed by atoms with Gasteiger partial charge in [0.1, 0.15) is 12.3 Å². The van der Waals surface area contributed by atoms with Gasteiger partial charge in [-0.05, 0) is 31.5 Å². The number of carbonyl (C=O) groups excluding carboxylic acids is 3. The highest BCUT2D eigenvalue weighted by Gasteiger charge is 2.33. The number of hydrogen-bond acceptors (Lipinski definition) is 4. The van der Waals surface area contributed by atoms with Crippen LogP contribution in [0.1, 0.15) is 50.4 Å². The second kappa shape index (κ2) is 8.14. The first kappa shape index (κ1) is 19.0. The zero-order chi connectivity index (χ0) is 18.6. The van der Waals surface area contributed by atoms with Gasteiger partial charge < -0.3 is 9.64 Å². The Hall–Kier alpha value is -2.37. The molecule has 1 unspecified atom stereocenters. The molecule has 25 heavy (non-hydrogen) atoms. The normalized spacial score (nSPS) is 16.2. The quantitative estimate of drug-likeness (QED) is 0.712. The van der Waals surface area contributed by atoms with E-state index in [1.54, 1.807) is 44.0 Å². The number of nitrogens with zero attached hydrogens (tertiary/aromatic N) is 2. The number of Topliss-reactive ketones (excluding diaryl/α,β-unsaturated/α-hetero) is 1. The highest BCUT2D eigenvalue weighted by molar-refractivity contribution is 6.05. The van der Waals surface area contributed by atoms with Gasteiger partial charge in [0, 0.05) is 25.6 Å². The minimum atomic E-state index is -0.658. The molecule has 0 fully saturated rings. The van der Waals surface area contributed by atoms with E-state index in [2.05, 4.69) is 6.92 Å². The number of ketones is 1. The van der Waals surface area contributed by atoms with Crippen LogP contribution >= 0.6 is 0 Å². The average molecular weight is 346 g/mol. The average Bonchev–Trinajstić information content (AvgIpc) is 2.62. The summed E-state index contributed by atoms with van der Waals surface area (Å²) >= 11 is 0. The van der Waals surface area contributed by atoms with Gasteiger partial charge in [0.25, 0.3) is 5.91 Å². The maximum Gasteiger partial charge on any atom is 0.268 e. The van der Waals surface area contributed by atoms with Crippen molar-refractivity contribution in [2.45, 2.75) is 46.1 Å². The van der Waals surface area contributed by atoms with Crippen LogP contribution in [0.2, 0.25) is 0 Å². The molecular formula is C19H26N2O4. The van der Waals surface area contributed by atoms with Crippen molar-refractivity contribution in [3.63, 3.8) is 0 Å². The van der Waals surface area contributed by atoms with E-state index in [-0.39, 0.29) is 24.1 Å². The molecule has 136 valence electrons. The number of hydrogen-bond donors (Lipinski definition) is 0. The Kier molecular flexibility index (Phi) is 6.17. The van der Waals surface area contributed by atoms with Crippen LogP contribution in [0.15, 0.2) is 18.2 Å². The standard InChI is InChI=1S/C19H26N2O4/c1-5-7-10-20(4)18(23)12-21-15-11-14(16(22)6-2)8-9-17(15)25-13(3)19(21)24/h8-9,11,13H,5-7,10,12H2,1-4H3. The van der Waals surface area contributed by atoms with Gasteiger partial charge in [-0.3, -0.25) is 19.3 Å². The summed E-state index contributed by atoms with van der Waals surface area (Å²) in [4.78, 5) is 40.1. The van der Waals surface area contributed by atoms with Crippen LogP contribution in [0, 0.1) is 0 Å². The van der Waals surface area contributed by atoms with E-state index in [0.717, 1.165) is 12.8 Å². The highest BCUT2D eigenvalue weighted by Crippen LogP contribution is 2.35. The van der Waals surface area contributed by atoms with E-state index >= 15 is 0 Å². The highest BCUT2D eigenvalue weighted by atomic mass is 16.5. The maximum atomic E-state index is 12.6. The summed E-state index contributed by atoms with van der Waals surface area (Å²) in [6.07, 6.45) is 1.63. The van der Waals surface area contributed by atoms with Crippen molar-refractivity contribution in [1.82, 2.24) is 4.90 Å². The van der Waals surface area contributed by atoms with Crippen LogP contribution in [-0.4, -0.2) is 48.7 Å². The molecule has 0 saturated heterocycles. The van der Waals surface area contributed by atoms with Crippen molar-refractivity contribution >= 4 is 23.3 Å². The summed E-state index contributed by atoms with van der Waals surface area (Å²) < 4.78 is 5.62. The second-order valence-corrected chi connectivity index (χ2v) is 6.31. The third kappa shape index (κ3) is 4.18. The van der Waals surface area contributed by atoms with Crippen LogP contribution in [-0.2, 0) is 9.59 Å². The van der Waals surface area contributed by atoms with Gasteiger partial charge in [0.05, 0.1) is 5.69 Å². The summed E-state index contributed by atoms with van der Waals surface area (Å²) in [5, 5.41) is 0. The lowest BCUT2D eigenvalue weighted by Crippen LogP contribution is -2.49. The molecule has 0 spiro atoms. The molecular weight excluding hydrogens is 320 g/mol. The van der Waals surface area contributed by atoms with Crippen molar-refractivity contribution in [1.29, 1.82) is 0 Å². The summed E-state index contributed by atoms with van der Waals surface area (Å²) in [6, 6.07) is 5.03. The largest absolute Gasteiger partial charge is 0.479 e. The number of anilines is 1. The van der Waals surface area contributed by atoms with Crippen LogP contribution in [0.4, 0.5) is 5.69 Å². The second-order valence-electron chi connectivity index (χ2n) is 6.31. The molecule has 1 aliphatic heterocycles. The summed E-state index contributed by atoms with van der Waals surface area (Å²) in [5.74, 6) is 0.101.